The van der Waals surface area contributed by atoms with Gasteiger partial charge in [0.25, 0.3) is 0 Å². The van der Waals surface area contributed by atoms with Gasteiger partial charge in [-0.05, 0) is 18.2 Å². The Bertz CT molecular complexity index is 320. The van der Waals surface area contributed by atoms with Crippen molar-refractivity contribution in [2.24, 2.45) is 5.73 Å². The maximum absolute atomic E-state index is 9.24. The number of benzene rings is 1. The zero-order chi connectivity index (χ0) is 11.3. The molecule has 0 saturated carbocycles. The molecule has 1 rings (SSSR count). The SMILES string of the molecule is COc1ccc(NCC(O)CN)cc1Cl. The quantitative estimate of drug-likeness (QED) is 0.708. The summed E-state index contributed by atoms with van der Waals surface area (Å²) in [6.45, 7) is 0.635. The predicted octanol–water partition coefficient (Wildman–Crippen LogP) is 1.08. The topological polar surface area (TPSA) is 67.5 Å². The maximum Gasteiger partial charge on any atom is 0.137 e. The van der Waals surface area contributed by atoms with Crippen LogP contribution in [0.4, 0.5) is 5.69 Å². The van der Waals surface area contributed by atoms with Crippen molar-refractivity contribution in [1.29, 1.82) is 0 Å². The lowest BCUT2D eigenvalue weighted by Crippen LogP contribution is -2.27. The van der Waals surface area contributed by atoms with Crippen molar-refractivity contribution in [3.8, 4) is 5.75 Å². The first-order valence-corrected chi connectivity index (χ1v) is 5.00. The molecule has 84 valence electrons. The number of nitrogens with one attached hydrogen (secondary N) is 1. The molecule has 0 heterocycles. The van der Waals surface area contributed by atoms with Gasteiger partial charge in [0.15, 0.2) is 0 Å². The average Bonchev–Trinajstić information content (AvgIpc) is 2.26. The molecule has 0 fully saturated rings. The van der Waals surface area contributed by atoms with E-state index in [0.717, 1.165) is 5.69 Å². The number of hydrogen-bond donors (Lipinski definition) is 3. The molecule has 1 unspecified atom stereocenters. The van der Waals surface area contributed by atoms with E-state index in [9.17, 15) is 5.11 Å². The number of halogens is 1. The van der Waals surface area contributed by atoms with Crippen LogP contribution in [-0.4, -0.2) is 31.4 Å². The number of aliphatic hydroxyl groups is 1. The number of ether oxygens (including phenoxy) is 1. The van der Waals surface area contributed by atoms with Gasteiger partial charge in [-0.1, -0.05) is 11.6 Å². The molecule has 0 amide bonds. The second kappa shape index (κ2) is 5.80. The molecule has 0 aliphatic heterocycles. The zero-order valence-electron chi connectivity index (χ0n) is 8.53. The molecule has 1 atom stereocenters. The first-order valence-electron chi connectivity index (χ1n) is 4.63. The third kappa shape index (κ3) is 3.58. The standard InChI is InChI=1S/C10H15ClN2O2/c1-15-10-3-2-7(4-9(10)11)13-6-8(14)5-12/h2-4,8,13-14H,5-6,12H2,1H3. The van der Waals surface area contributed by atoms with E-state index in [1.807, 2.05) is 6.07 Å². The summed E-state index contributed by atoms with van der Waals surface area (Å²) in [6.07, 6.45) is -0.550. The number of hydrogen-bond acceptors (Lipinski definition) is 4. The van der Waals surface area contributed by atoms with Gasteiger partial charge in [-0.15, -0.1) is 0 Å². The van der Waals surface area contributed by atoms with Crippen LogP contribution in [0.5, 0.6) is 5.75 Å². The first-order chi connectivity index (χ1) is 7.17. The highest BCUT2D eigenvalue weighted by atomic mass is 35.5. The molecule has 0 radical (unpaired) electrons. The lowest BCUT2D eigenvalue weighted by Gasteiger charge is -2.11. The van der Waals surface area contributed by atoms with Crippen molar-refractivity contribution in [1.82, 2.24) is 0 Å². The fourth-order valence-electron chi connectivity index (χ4n) is 1.10. The molecular formula is C10H15ClN2O2. The first kappa shape index (κ1) is 12.1. The number of rotatable bonds is 5. The Morgan fingerprint density at radius 2 is 2.33 bits per heavy atom. The van der Waals surface area contributed by atoms with Gasteiger partial charge in [0.1, 0.15) is 5.75 Å². The highest BCUT2D eigenvalue weighted by Crippen LogP contribution is 2.26. The summed E-state index contributed by atoms with van der Waals surface area (Å²) in [6, 6.07) is 5.33. The van der Waals surface area contributed by atoms with E-state index in [-0.39, 0.29) is 6.54 Å². The van der Waals surface area contributed by atoms with Crippen molar-refractivity contribution < 1.29 is 9.84 Å². The van der Waals surface area contributed by atoms with E-state index in [1.54, 1.807) is 19.2 Å². The highest BCUT2D eigenvalue weighted by molar-refractivity contribution is 6.32. The van der Waals surface area contributed by atoms with Gasteiger partial charge in [-0.2, -0.15) is 0 Å². The van der Waals surface area contributed by atoms with Crippen molar-refractivity contribution in [3.63, 3.8) is 0 Å². The molecule has 0 aliphatic rings. The minimum absolute atomic E-state index is 0.233. The summed E-state index contributed by atoms with van der Waals surface area (Å²) in [5, 5.41) is 12.8. The van der Waals surface area contributed by atoms with Gasteiger partial charge in [-0.3, -0.25) is 0 Å². The summed E-state index contributed by atoms with van der Waals surface area (Å²) in [4.78, 5) is 0. The Morgan fingerprint density at radius 3 is 2.87 bits per heavy atom. The van der Waals surface area contributed by atoms with Crippen LogP contribution in [-0.2, 0) is 0 Å². The Morgan fingerprint density at radius 1 is 1.60 bits per heavy atom. The van der Waals surface area contributed by atoms with E-state index < -0.39 is 6.10 Å². The second-order valence-corrected chi connectivity index (χ2v) is 3.53. The molecule has 4 nitrogen and oxygen atoms in total. The van der Waals surface area contributed by atoms with E-state index in [2.05, 4.69) is 5.32 Å². The Balaban J connectivity index is 2.59. The van der Waals surface area contributed by atoms with Crippen molar-refractivity contribution >= 4 is 17.3 Å². The van der Waals surface area contributed by atoms with Crippen LogP contribution in [0.1, 0.15) is 0 Å². The molecule has 1 aromatic carbocycles. The van der Waals surface area contributed by atoms with E-state index in [0.29, 0.717) is 17.3 Å². The van der Waals surface area contributed by atoms with Crippen LogP contribution >= 0.6 is 11.6 Å². The van der Waals surface area contributed by atoms with Gasteiger partial charge in [0.2, 0.25) is 0 Å². The van der Waals surface area contributed by atoms with E-state index in [4.69, 9.17) is 22.1 Å². The minimum Gasteiger partial charge on any atom is -0.495 e. The Kier molecular flexibility index (Phi) is 4.68. The van der Waals surface area contributed by atoms with Crippen molar-refractivity contribution in [2.45, 2.75) is 6.10 Å². The van der Waals surface area contributed by atoms with Crippen LogP contribution in [0.2, 0.25) is 5.02 Å². The lowest BCUT2D eigenvalue weighted by atomic mass is 10.3. The molecule has 5 heteroatoms. The van der Waals surface area contributed by atoms with Crippen LogP contribution < -0.4 is 15.8 Å². The van der Waals surface area contributed by atoms with Gasteiger partial charge in [0.05, 0.1) is 18.2 Å². The van der Waals surface area contributed by atoms with Gasteiger partial charge in [-0.25, -0.2) is 0 Å². The van der Waals surface area contributed by atoms with Crippen molar-refractivity contribution in [3.05, 3.63) is 23.2 Å². The van der Waals surface area contributed by atoms with Crippen LogP contribution in [0.25, 0.3) is 0 Å². The van der Waals surface area contributed by atoms with Gasteiger partial charge in [0, 0.05) is 18.8 Å². The number of anilines is 1. The minimum atomic E-state index is -0.550. The fourth-order valence-corrected chi connectivity index (χ4v) is 1.35. The molecule has 4 N–H and O–H groups in total. The molecule has 0 bridgehead atoms. The summed E-state index contributed by atoms with van der Waals surface area (Å²) in [7, 11) is 1.56. The Labute approximate surface area is 94.0 Å². The number of methoxy groups -OCH3 is 1. The average molecular weight is 231 g/mol. The van der Waals surface area contributed by atoms with E-state index >= 15 is 0 Å². The smallest absolute Gasteiger partial charge is 0.137 e. The molecule has 1 aromatic rings. The zero-order valence-corrected chi connectivity index (χ0v) is 9.29. The third-order valence-electron chi connectivity index (χ3n) is 1.97. The predicted molar refractivity (Wildman–Crippen MR) is 61.6 cm³/mol. The van der Waals surface area contributed by atoms with Gasteiger partial charge >= 0.3 is 0 Å². The van der Waals surface area contributed by atoms with E-state index in [1.165, 1.54) is 0 Å². The molecule has 0 spiro atoms. The van der Waals surface area contributed by atoms with Crippen LogP contribution in [0, 0.1) is 0 Å². The molecule has 0 aliphatic carbocycles. The summed E-state index contributed by atoms with van der Waals surface area (Å²) >= 11 is 5.93. The van der Waals surface area contributed by atoms with Gasteiger partial charge < -0.3 is 20.9 Å². The summed E-state index contributed by atoms with van der Waals surface area (Å²) in [5.74, 6) is 0.626. The molecule has 0 saturated heterocycles. The van der Waals surface area contributed by atoms with Crippen LogP contribution in [0.3, 0.4) is 0 Å². The third-order valence-corrected chi connectivity index (χ3v) is 2.26. The Hall–Kier alpha value is -0.970. The normalized spacial score (nSPS) is 12.3. The number of aliphatic hydroxyl groups excluding tert-OH is 1. The number of nitrogens with two attached hydrogens (primary N) is 1. The summed E-state index contributed by atoms with van der Waals surface area (Å²) < 4.78 is 5.02. The summed E-state index contributed by atoms with van der Waals surface area (Å²) in [5.41, 5.74) is 6.10. The monoisotopic (exact) mass is 230 g/mol. The molecule has 15 heavy (non-hydrogen) atoms. The fraction of sp³-hybridized carbons (Fsp3) is 0.400. The molecular weight excluding hydrogens is 216 g/mol. The van der Waals surface area contributed by atoms with Crippen molar-refractivity contribution in [2.75, 3.05) is 25.5 Å². The van der Waals surface area contributed by atoms with Crippen LogP contribution in [0.15, 0.2) is 18.2 Å². The maximum atomic E-state index is 9.24. The molecule has 0 aromatic heterocycles. The largest absolute Gasteiger partial charge is 0.495 e. The highest BCUT2D eigenvalue weighted by Gasteiger charge is 2.03. The lowest BCUT2D eigenvalue weighted by molar-refractivity contribution is 0.196. The second-order valence-electron chi connectivity index (χ2n) is 3.12.